The molecule has 0 bridgehead atoms. The fourth-order valence-corrected chi connectivity index (χ4v) is 3.79. The summed E-state index contributed by atoms with van der Waals surface area (Å²) in [5.41, 5.74) is 2.18. The normalized spacial score (nSPS) is 28.8. The molecule has 0 unspecified atom stereocenters. The Hall–Kier alpha value is -2.02. The van der Waals surface area contributed by atoms with Crippen LogP contribution < -0.4 is 0 Å². The number of rotatable bonds is 8. The van der Waals surface area contributed by atoms with Crippen LogP contribution in [-0.2, 0) is 36.9 Å². The summed E-state index contributed by atoms with van der Waals surface area (Å²) < 4.78 is 30.6. The minimum Gasteiger partial charge on any atom is -0.368 e. The molecule has 154 valence electrons. The molecular weight excluding hydrogens is 368 g/mol. The smallest absolute Gasteiger partial charge is 0.190 e. The summed E-state index contributed by atoms with van der Waals surface area (Å²) in [7, 11) is 0. The van der Waals surface area contributed by atoms with E-state index in [1.165, 1.54) is 0 Å². The Labute approximate surface area is 172 Å². The summed E-state index contributed by atoms with van der Waals surface area (Å²) in [5, 5.41) is 0. The first-order valence-electron chi connectivity index (χ1n) is 10.0. The van der Waals surface area contributed by atoms with E-state index in [1.807, 2.05) is 74.5 Å². The predicted octanol–water partition coefficient (Wildman–Crippen LogP) is 4.22. The average Bonchev–Trinajstić information content (AvgIpc) is 3.20. The van der Waals surface area contributed by atoms with Crippen molar-refractivity contribution in [2.75, 3.05) is 0 Å². The standard InChI is InChI=1S/C24H28O5/c1-4-19(25-15-17-11-7-5-8-12-17)20-21(26-16-18-13-9-6-10-14-18)22-23(27-20)29-24(2,3)28-22/h4-14,19-23H,1,15-16H2,2-3H3/t19-,20+,21-,22+,23+/m0/s1. The Morgan fingerprint density at radius 3 is 2.21 bits per heavy atom. The van der Waals surface area contributed by atoms with Gasteiger partial charge in [-0.2, -0.15) is 0 Å². The molecule has 0 saturated carbocycles. The minimum atomic E-state index is -0.705. The summed E-state index contributed by atoms with van der Waals surface area (Å²) in [6, 6.07) is 20.1. The Bertz CT molecular complexity index is 791. The highest BCUT2D eigenvalue weighted by Crippen LogP contribution is 2.40. The van der Waals surface area contributed by atoms with E-state index in [-0.39, 0.29) is 24.4 Å². The van der Waals surface area contributed by atoms with Crippen LogP contribution in [0.5, 0.6) is 0 Å². The van der Waals surface area contributed by atoms with Gasteiger partial charge in [-0.05, 0) is 25.0 Å². The fraction of sp³-hybridized carbons (Fsp3) is 0.417. The van der Waals surface area contributed by atoms with E-state index in [4.69, 9.17) is 23.7 Å². The second-order valence-electron chi connectivity index (χ2n) is 7.83. The zero-order valence-corrected chi connectivity index (χ0v) is 16.9. The Kier molecular flexibility index (Phi) is 6.13. The number of benzene rings is 2. The molecule has 4 rings (SSSR count). The van der Waals surface area contributed by atoms with Crippen LogP contribution in [0.1, 0.15) is 25.0 Å². The van der Waals surface area contributed by atoms with E-state index in [2.05, 4.69) is 6.58 Å². The molecule has 0 aliphatic carbocycles. The third-order valence-corrected chi connectivity index (χ3v) is 5.15. The molecule has 5 atom stereocenters. The van der Waals surface area contributed by atoms with E-state index in [0.29, 0.717) is 13.2 Å². The van der Waals surface area contributed by atoms with Gasteiger partial charge < -0.3 is 23.7 Å². The molecule has 0 amide bonds. The molecule has 2 aliphatic heterocycles. The van der Waals surface area contributed by atoms with Gasteiger partial charge in [0.05, 0.1) is 13.2 Å². The zero-order chi connectivity index (χ0) is 20.3. The lowest BCUT2D eigenvalue weighted by atomic mass is 10.0. The van der Waals surface area contributed by atoms with Gasteiger partial charge in [-0.25, -0.2) is 0 Å². The summed E-state index contributed by atoms with van der Waals surface area (Å²) in [6.45, 7) is 8.64. The van der Waals surface area contributed by atoms with Crippen molar-refractivity contribution in [1.29, 1.82) is 0 Å². The van der Waals surface area contributed by atoms with E-state index >= 15 is 0 Å². The van der Waals surface area contributed by atoms with Crippen LogP contribution in [0.2, 0.25) is 0 Å². The van der Waals surface area contributed by atoms with Crippen LogP contribution in [0.3, 0.4) is 0 Å². The zero-order valence-electron chi connectivity index (χ0n) is 16.9. The monoisotopic (exact) mass is 396 g/mol. The Morgan fingerprint density at radius 2 is 1.59 bits per heavy atom. The van der Waals surface area contributed by atoms with Crippen LogP contribution >= 0.6 is 0 Å². The lowest BCUT2D eigenvalue weighted by molar-refractivity contribution is -0.230. The van der Waals surface area contributed by atoms with Gasteiger partial charge >= 0.3 is 0 Å². The number of hydrogen-bond acceptors (Lipinski definition) is 5. The van der Waals surface area contributed by atoms with Crippen LogP contribution in [0.4, 0.5) is 0 Å². The molecule has 2 aliphatic rings. The molecule has 0 spiro atoms. The van der Waals surface area contributed by atoms with Crippen molar-refractivity contribution in [3.8, 4) is 0 Å². The molecule has 2 fully saturated rings. The quantitative estimate of drug-likeness (QED) is 0.625. The third-order valence-electron chi connectivity index (χ3n) is 5.15. The lowest BCUT2D eigenvalue weighted by Gasteiger charge is -2.29. The molecule has 29 heavy (non-hydrogen) atoms. The third kappa shape index (κ3) is 4.77. The molecule has 5 nitrogen and oxygen atoms in total. The lowest BCUT2D eigenvalue weighted by Crippen LogP contribution is -2.43. The van der Waals surface area contributed by atoms with Gasteiger partial charge in [-0.3, -0.25) is 0 Å². The highest BCUT2D eigenvalue weighted by Gasteiger charge is 2.57. The highest BCUT2D eigenvalue weighted by molar-refractivity contribution is 5.15. The molecule has 0 radical (unpaired) electrons. The number of ether oxygens (including phenoxy) is 5. The molecule has 5 heteroatoms. The molecular formula is C24H28O5. The van der Waals surface area contributed by atoms with Crippen LogP contribution in [-0.4, -0.2) is 36.5 Å². The largest absolute Gasteiger partial charge is 0.368 e. The fourth-order valence-electron chi connectivity index (χ4n) is 3.79. The SMILES string of the molecule is C=C[C@H](OCc1ccccc1)[C@H]1O[C@@H]2OC(C)(C)O[C@@H]2[C@H]1OCc1ccccc1. The number of hydrogen-bond donors (Lipinski definition) is 0. The van der Waals surface area contributed by atoms with Crippen molar-refractivity contribution in [3.63, 3.8) is 0 Å². The maximum absolute atomic E-state index is 6.29. The highest BCUT2D eigenvalue weighted by atomic mass is 16.8. The van der Waals surface area contributed by atoms with Crippen molar-refractivity contribution in [2.24, 2.45) is 0 Å². The molecule has 2 aromatic rings. The second-order valence-corrected chi connectivity index (χ2v) is 7.83. The molecule has 2 heterocycles. The molecule has 2 saturated heterocycles. The van der Waals surface area contributed by atoms with Crippen molar-refractivity contribution in [2.45, 2.75) is 63.6 Å². The minimum absolute atomic E-state index is 0.318. The van der Waals surface area contributed by atoms with Gasteiger partial charge in [0.15, 0.2) is 12.1 Å². The average molecular weight is 396 g/mol. The van der Waals surface area contributed by atoms with Crippen LogP contribution in [0.25, 0.3) is 0 Å². The molecule has 0 N–H and O–H groups in total. The predicted molar refractivity (Wildman–Crippen MR) is 109 cm³/mol. The topological polar surface area (TPSA) is 46.2 Å². The summed E-state index contributed by atoms with van der Waals surface area (Å²) in [4.78, 5) is 0. The summed E-state index contributed by atoms with van der Waals surface area (Å²) in [5.74, 6) is -0.705. The second kappa shape index (κ2) is 8.78. The van der Waals surface area contributed by atoms with E-state index in [0.717, 1.165) is 11.1 Å². The Morgan fingerprint density at radius 1 is 0.966 bits per heavy atom. The molecule has 0 aromatic heterocycles. The van der Waals surface area contributed by atoms with Crippen LogP contribution in [0, 0.1) is 0 Å². The van der Waals surface area contributed by atoms with Crippen molar-refractivity contribution < 1.29 is 23.7 Å². The van der Waals surface area contributed by atoms with E-state index in [1.54, 1.807) is 6.08 Å². The first-order valence-corrected chi connectivity index (χ1v) is 10.0. The Balaban J connectivity index is 1.47. The van der Waals surface area contributed by atoms with Gasteiger partial charge in [0, 0.05) is 0 Å². The van der Waals surface area contributed by atoms with Crippen molar-refractivity contribution in [1.82, 2.24) is 0 Å². The summed E-state index contributed by atoms with van der Waals surface area (Å²) in [6.07, 6.45) is -0.0951. The van der Waals surface area contributed by atoms with E-state index < -0.39 is 12.1 Å². The van der Waals surface area contributed by atoms with E-state index in [9.17, 15) is 0 Å². The maximum Gasteiger partial charge on any atom is 0.190 e. The van der Waals surface area contributed by atoms with Gasteiger partial charge in [0.2, 0.25) is 0 Å². The summed E-state index contributed by atoms with van der Waals surface area (Å²) >= 11 is 0. The van der Waals surface area contributed by atoms with Crippen molar-refractivity contribution >= 4 is 0 Å². The maximum atomic E-state index is 6.29. The first-order chi connectivity index (χ1) is 14.1. The molecule has 2 aromatic carbocycles. The van der Waals surface area contributed by atoms with Gasteiger partial charge in [0.25, 0.3) is 0 Å². The van der Waals surface area contributed by atoms with Gasteiger partial charge in [-0.1, -0.05) is 66.7 Å². The van der Waals surface area contributed by atoms with Crippen molar-refractivity contribution in [3.05, 3.63) is 84.4 Å². The van der Waals surface area contributed by atoms with Gasteiger partial charge in [0.1, 0.15) is 24.4 Å². The van der Waals surface area contributed by atoms with Crippen LogP contribution in [0.15, 0.2) is 73.3 Å². The first kappa shape index (κ1) is 20.3. The van der Waals surface area contributed by atoms with Gasteiger partial charge in [-0.15, -0.1) is 6.58 Å². The number of fused-ring (bicyclic) bond motifs is 1.